The highest BCUT2D eigenvalue weighted by Gasteiger charge is 2.29. The molecular formula is C36H38N2O6. The highest BCUT2D eigenvalue weighted by Crippen LogP contribution is 2.47. The van der Waals surface area contributed by atoms with Gasteiger partial charge < -0.3 is 21.7 Å². The summed E-state index contributed by atoms with van der Waals surface area (Å²) in [7, 11) is 0. The first-order valence-electron chi connectivity index (χ1n) is 15.4. The second kappa shape index (κ2) is 12.5. The third kappa shape index (κ3) is 5.08. The molecule has 0 saturated heterocycles. The number of hydrogen-bond donors (Lipinski definition) is 4. The average molecular weight is 595 g/mol. The van der Waals surface area contributed by atoms with Crippen LogP contribution in [0.5, 0.6) is 0 Å². The molecule has 0 radical (unpaired) electrons. The van der Waals surface area contributed by atoms with Crippen LogP contribution in [-0.2, 0) is 12.8 Å². The van der Waals surface area contributed by atoms with Crippen molar-refractivity contribution in [1.82, 2.24) is 0 Å². The molecule has 0 aliphatic heterocycles. The van der Waals surface area contributed by atoms with Gasteiger partial charge in [-0.1, -0.05) is 70.6 Å². The highest BCUT2D eigenvalue weighted by molar-refractivity contribution is 6.39. The summed E-state index contributed by atoms with van der Waals surface area (Å²) in [5, 5.41) is 24.8. The fourth-order valence-corrected chi connectivity index (χ4v) is 7.02. The zero-order valence-corrected chi connectivity index (χ0v) is 25.2. The second-order valence-corrected chi connectivity index (χ2v) is 11.6. The van der Waals surface area contributed by atoms with Crippen molar-refractivity contribution in [1.29, 1.82) is 0 Å². The van der Waals surface area contributed by atoms with Crippen LogP contribution in [0.3, 0.4) is 0 Å². The minimum atomic E-state index is -1.23. The summed E-state index contributed by atoms with van der Waals surface area (Å²) in [5.41, 5.74) is 14.1. The van der Waals surface area contributed by atoms with E-state index in [9.17, 15) is 29.4 Å². The first-order valence-corrected chi connectivity index (χ1v) is 15.4. The molecule has 5 aromatic carbocycles. The van der Waals surface area contributed by atoms with Gasteiger partial charge in [-0.2, -0.15) is 0 Å². The van der Waals surface area contributed by atoms with Crippen LogP contribution >= 0.6 is 0 Å². The van der Waals surface area contributed by atoms with Crippen LogP contribution in [0.25, 0.3) is 43.1 Å². The van der Waals surface area contributed by atoms with Crippen LogP contribution < -0.4 is 11.5 Å². The Kier molecular flexibility index (Phi) is 8.72. The predicted molar refractivity (Wildman–Crippen MR) is 174 cm³/mol. The summed E-state index contributed by atoms with van der Waals surface area (Å²) >= 11 is 0. The second-order valence-electron chi connectivity index (χ2n) is 11.6. The molecule has 228 valence electrons. The molecule has 2 amide bonds. The number of rotatable bonds is 14. The lowest BCUT2D eigenvalue weighted by Gasteiger charge is -2.25. The van der Waals surface area contributed by atoms with Crippen LogP contribution in [0, 0.1) is 0 Å². The zero-order valence-electron chi connectivity index (χ0n) is 25.2. The first kappa shape index (κ1) is 30.7. The monoisotopic (exact) mass is 594 g/mol. The molecule has 0 atom stereocenters. The van der Waals surface area contributed by atoms with E-state index in [1.807, 2.05) is 0 Å². The number of aromatic carboxylic acids is 2. The largest absolute Gasteiger partial charge is 0.478 e. The average Bonchev–Trinajstić information content (AvgIpc) is 2.99. The molecule has 8 heteroatoms. The van der Waals surface area contributed by atoms with Crippen LogP contribution in [0.1, 0.15) is 118 Å². The Bertz CT molecular complexity index is 1940. The van der Waals surface area contributed by atoms with Gasteiger partial charge in [0.05, 0.1) is 16.7 Å². The Labute approximate surface area is 255 Å². The van der Waals surface area contributed by atoms with E-state index in [4.69, 9.17) is 11.5 Å². The van der Waals surface area contributed by atoms with Crippen LogP contribution in [-0.4, -0.2) is 34.0 Å². The van der Waals surface area contributed by atoms with Gasteiger partial charge >= 0.3 is 11.9 Å². The smallest absolute Gasteiger partial charge is 0.336 e. The number of carboxylic acid groups (broad SMARTS) is 2. The normalized spacial score (nSPS) is 11.7. The van der Waals surface area contributed by atoms with Gasteiger partial charge in [0.15, 0.2) is 0 Å². The number of amides is 2. The Morgan fingerprint density at radius 3 is 1.52 bits per heavy atom. The van der Waals surface area contributed by atoms with Crippen molar-refractivity contribution in [3.8, 4) is 0 Å². The number of carbonyl (C=O) groups excluding carboxylic acids is 2. The summed E-state index contributed by atoms with van der Waals surface area (Å²) < 4.78 is 0. The number of carboxylic acids is 2. The minimum absolute atomic E-state index is 0.102. The van der Waals surface area contributed by atoms with E-state index >= 15 is 0 Å². The Morgan fingerprint density at radius 1 is 0.523 bits per heavy atom. The van der Waals surface area contributed by atoms with Crippen molar-refractivity contribution in [2.45, 2.75) is 78.1 Å². The molecule has 0 spiro atoms. The molecule has 5 rings (SSSR count). The molecule has 0 saturated carbocycles. The number of fused-ring (bicyclic) bond motifs is 2. The Hall–Kier alpha value is -4.72. The van der Waals surface area contributed by atoms with Gasteiger partial charge in [0.2, 0.25) is 11.8 Å². The van der Waals surface area contributed by atoms with Crippen LogP contribution in [0.15, 0.2) is 36.4 Å². The van der Waals surface area contributed by atoms with E-state index in [1.165, 1.54) is 12.1 Å². The van der Waals surface area contributed by atoms with Gasteiger partial charge in [0, 0.05) is 16.3 Å². The summed E-state index contributed by atoms with van der Waals surface area (Å²) in [4.78, 5) is 51.0. The number of unbranched alkanes of at least 4 members (excludes halogenated alkanes) is 6. The van der Waals surface area contributed by atoms with Crippen LogP contribution in [0.4, 0.5) is 0 Å². The van der Waals surface area contributed by atoms with Gasteiger partial charge in [-0.25, -0.2) is 9.59 Å². The summed E-state index contributed by atoms with van der Waals surface area (Å²) in [5.74, 6) is -3.76. The maximum Gasteiger partial charge on any atom is 0.336 e. The fourth-order valence-electron chi connectivity index (χ4n) is 7.02. The highest BCUT2D eigenvalue weighted by atomic mass is 16.4. The number of aryl methyl sites for hydroxylation is 1. The molecule has 0 unspecified atom stereocenters. The van der Waals surface area contributed by atoms with E-state index in [2.05, 4.69) is 13.8 Å². The molecule has 0 bridgehead atoms. The third-order valence-corrected chi connectivity index (χ3v) is 8.93. The standard InChI is InChI=1S/C36H38N2O6/c1-3-5-7-9-11-19-20(12-10-8-6-4-2)32(34(38)40)31-24(33(37)39)16-13-22-21-14-17-25(35(41)42)29-26(36(43)44)18-15-23(27(21)29)28(19)30(22)31/h13-18H,3-12H2,1-2H3,(H2,37,39)(H2,38,40)(H,41,42)(H,43,44). The number of benzene rings is 5. The van der Waals surface area contributed by atoms with Gasteiger partial charge in [0.25, 0.3) is 0 Å². The molecule has 44 heavy (non-hydrogen) atoms. The maximum atomic E-state index is 13.4. The molecular weight excluding hydrogens is 556 g/mol. The zero-order chi connectivity index (χ0) is 31.7. The fraction of sp³-hybridized carbons (Fsp3) is 0.333. The molecule has 0 aromatic heterocycles. The maximum absolute atomic E-state index is 13.4. The van der Waals surface area contributed by atoms with E-state index in [0.717, 1.165) is 67.9 Å². The number of carbonyl (C=O) groups is 4. The third-order valence-electron chi connectivity index (χ3n) is 8.93. The van der Waals surface area contributed by atoms with Gasteiger partial charge in [-0.15, -0.1) is 0 Å². The van der Waals surface area contributed by atoms with Crippen molar-refractivity contribution in [3.05, 3.63) is 69.8 Å². The molecule has 5 aromatic rings. The predicted octanol–water partition coefficient (Wildman–Crippen LogP) is 7.58. The van der Waals surface area contributed by atoms with Crippen LogP contribution in [0.2, 0.25) is 0 Å². The first-order chi connectivity index (χ1) is 21.1. The minimum Gasteiger partial charge on any atom is -0.478 e. The summed E-state index contributed by atoms with van der Waals surface area (Å²) in [6, 6.07) is 9.61. The Morgan fingerprint density at radius 2 is 1.02 bits per heavy atom. The van der Waals surface area contributed by atoms with Crippen molar-refractivity contribution < 1.29 is 29.4 Å². The van der Waals surface area contributed by atoms with E-state index < -0.39 is 23.8 Å². The molecule has 0 fully saturated rings. The SMILES string of the molecule is CCCCCCc1c(C(N)=O)c2c(C(N)=O)ccc3c4ccc(C(=O)O)c5c(C(=O)O)ccc(c(c1CCCCCC)c23)c54. The summed E-state index contributed by atoms with van der Waals surface area (Å²) in [6.45, 7) is 4.27. The number of nitrogens with two attached hydrogens (primary N) is 2. The topological polar surface area (TPSA) is 161 Å². The quantitative estimate of drug-likeness (QED) is 0.0589. The van der Waals surface area contributed by atoms with Gasteiger partial charge in [-0.05, 0) is 87.3 Å². The van der Waals surface area contributed by atoms with Crippen molar-refractivity contribution in [2.24, 2.45) is 11.5 Å². The van der Waals surface area contributed by atoms with Crippen molar-refractivity contribution >= 4 is 66.8 Å². The van der Waals surface area contributed by atoms with E-state index in [1.54, 1.807) is 24.3 Å². The van der Waals surface area contributed by atoms with E-state index in [-0.39, 0.29) is 22.1 Å². The van der Waals surface area contributed by atoms with E-state index in [0.29, 0.717) is 50.7 Å². The molecule has 6 N–H and O–H groups in total. The van der Waals surface area contributed by atoms with Crippen molar-refractivity contribution in [3.63, 3.8) is 0 Å². The van der Waals surface area contributed by atoms with Gasteiger partial charge in [0.1, 0.15) is 0 Å². The lowest BCUT2D eigenvalue weighted by Crippen LogP contribution is -2.20. The van der Waals surface area contributed by atoms with Gasteiger partial charge in [-0.3, -0.25) is 9.59 Å². The lowest BCUT2D eigenvalue weighted by molar-refractivity contribution is 0.0695. The molecule has 0 heterocycles. The lowest BCUT2D eigenvalue weighted by atomic mass is 9.78. The number of primary amides is 2. The number of hydrogen-bond acceptors (Lipinski definition) is 4. The summed E-state index contributed by atoms with van der Waals surface area (Å²) in [6.07, 6.45) is 9.02. The molecule has 0 aliphatic carbocycles. The molecule has 8 nitrogen and oxygen atoms in total. The molecule has 0 aliphatic rings. The van der Waals surface area contributed by atoms with Crippen molar-refractivity contribution in [2.75, 3.05) is 0 Å². The Balaban J connectivity index is 2.07.